The van der Waals surface area contributed by atoms with Crippen LogP contribution in [0.1, 0.15) is 31.3 Å². The van der Waals surface area contributed by atoms with Crippen LogP contribution >= 0.6 is 11.3 Å². The normalized spacial score (nSPS) is 10.4. The number of nitrogens with zero attached hydrogens (tertiary/aromatic N) is 1. The first-order chi connectivity index (χ1) is 7.99. The Bertz CT molecular complexity index is 403. The summed E-state index contributed by atoms with van der Waals surface area (Å²) >= 11 is 1.19. The number of thiazole rings is 1. The Labute approximate surface area is 103 Å². The summed E-state index contributed by atoms with van der Waals surface area (Å²) in [5.74, 6) is -0.304. The molecule has 0 saturated carbocycles. The third kappa shape index (κ3) is 4.92. The zero-order valence-electron chi connectivity index (χ0n) is 9.94. The van der Waals surface area contributed by atoms with E-state index >= 15 is 0 Å². The maximum Gasteiger partial charge on any atom is 0.294 e. The van der Waals surface area contributed by atoms with Gasteiger partial charge in [-0.05, 0) is 5.92 Å². The third-order valence-electron chi connectivity index (χ3n) is 1.60. The Morgan fingerprint density at radius 2 is 2.24 bits per heavy atom. The van der Waals surface area contributed by atoms with Gasteiger partial charge >= 0.3 is 0 Å². The molecule has 6 nitrogen and oxygen atoms in total. The molecule has 0 atom stereocenters. The number of carbonyl (C=O) groups is 2. The highest BCUT2D eigenvalue weighted by Crippen LogP contribution is 2.14. The second-order valence-corrected chi connectivity index (χ2v) is 4.71. The van der Waals surface area contributed by atoms with E-state index in [1.807, 2.05) is 13.8 Å². The molecule has 0 fully saturated rings. The fourth-order valence-corrected chi connectivity index (χ4v) is 1.65. The summed E-state index contributed by atoms with van der Waals surface area (Å²) in [4.78, 5) is 31.2. The lowest BCUT2D eigenvalue weighted by atomic mass is 10.2. The van der Waals surface area contributed by atoms with Gasteiger partial charge in [-0.2, -0.15) is 0 Å². The van der Waals surface area contributed by atoms with E-state index in [1.165, 1.54) is 18.3 Å². The summed E-state index contributed by atoms with van der Waals surface area (Å²) in [7, 11) is 0. The Hall–Kier alpha value is -1.47. The van der Waals surface area contributed by atoms with Crippen molar-refractivity contribution in [1.82, 2.24) is 10.5 Å². The minimum Gasteiger partial charge on any atom is -0.302 e. The molecule has 0 unspecified atom stereocenters. The second-order valence-electron chi connectivity index (χ2n) is 3.86. The second kappa shape index (κ2) is 6.31. The van der Waals surface area contributed by atoms with Crippen LogP contribution in [0.15, 0.2) is 5.38 Å². The van der Waals surface area contributed by atoms with Gasteiger partial charge in [0, 0.05) is 12.3 Å². The lowest BCUT2D eigenvalue weighted by Crippen LogP contribution is -2.25. The van der Waals surface area contributed by atoms with Crippen LogP contribution < -0.4 is 10.8 Å². The van der Waals surface area contributed by atoms with Crippen molar-refractivity contribution in [3.05, 3.63) is 11.1 Å². The SMILES string of the molecule is CC(=O)Nc1nc(C(=O)NOCC(C)C)cs1. The molecule has 0 radical (unpaired) electrons. The van der Waals surface area contributed by atoms with Gasteiger partial charge in [-0.1, -0.05) is 13.8 Å². The number of rotatable bonds is 5. The van der Waals surface area contributed by atoms with Crippen molar-refractivity contribution in [2.75, 3.05) is 11.9 Å². The molecule has 2 N–H and O–H groups in total. The predicted octanol–water partition coefficient (Wildman–Crippen LogP) is 1.42. The molecule has 1 aromatic rings. The van der Waals surface area contributed by atoms with E-state index < -0.39 is 5.91 Å². The van der Waals surface area contributed by atoms with Crippen LogP contribution in [0.3, 0.4) is 0 Å². The standard InChI is InChI=1S/C10H15N3O3S/c1-6(2)4-16-13-9(15)8-5-17-10(12-8)11-7(3)14/h5-6H,4H2,1-3H3,(H,13,15)(H,11,12,14). The van der Waals surface area contributed by atoms with E-state index in [2.05, 4.69) is 15.8 Å². The molecule has 2 amide bonds. The van der Waals surface area contributed by atoms with Crippen molar-refractivity contribution < 1.29 is 14.4 Å². The van der Waals surface area contributed by atoms with Gasteiger partial charge in [-0.25, -0.2) is 10.5 Å². The van der Waals surface area contributed by atoms with E-state index in [4.69, 9.17) is 4.84 Å². The molecule has 1 heterocycles. The number of aromatic nitrogens is 1. The zero-order chi connectivity index (χ0) is 12.8. The van der Waals surface area contributed by atoms with Gasteiger partial charge in [0.1, 0.15) is 5.69 Å². The molecule has 0 aliphatic heterocycles. The summed E-state index contributed by atoms with van der Waals surface area (Å²) in [6, 6.07) is 0. The molecule has 0 saturated heterocycles. The van der Waals surface area contributed by atoms with Gasteiger partial charge < -0.3 is 5.32 Å². The van der Waals surface area contributed by atoms with Crippen molar-refractivity contribution >= 4 is 28.3 Å². The molecule has 17 heavy (non-hydrogen) atoms. The Kier molecular flexibility index (Phi) is 5.05. The van der Waals surface area contributed by atoms with E-state index in [1.54, 1.807) is 5.38 Å². The molecule has 0 aliphatic carbocycles. The van der Waals surface area contributed by atoms with Crippen LogP contribution in [0.2, 0.25) is 0 Å². The molecule has 1 aromatic heterocycles. The number of hydrogen-bond acceptors (Lipinski definition) is 5. The van der Waals surface area contributed by atoms with Crippen LogP contribution in [-0.2, 0) is 9.63 Å². The van der Waals surface area contributed by atoms with Crippen molar-refractivity contribution in [3.63, 3.8) is 0 Å². The summed E-state index contributed by atoms with van der Waals surface area (Å²) in [5.41, 5.74) is 2.51. The van der Waals surface area contributed by atoms with Crippen molar-refractivity contribution in [2.45, 2.75) is 20.8 Å². The predicted molar refractivity (Wildman–Crippen MR) is 64.7 cm³/mol. The smallest absolute Gasteiger partial charge is 0.294 e. The van der Waals surface area contributed by atoms with Gasteiger partial charge in [-0.3, -0.25) is 14.4 Å². The molecule has 0 spiro atoms. The van der Waals surface area contributed by atoms with Crippen molar-refractivity contribution in [3.8, 4) is 0 Å². The highest BCUT2D eigenvalue weighted by Gasteiger charge is 2.11. The Balaban J connectivity index is 2.46. The minimum absolute atomic E-state index is 0.220. The zero-order valence-corrected chi connectivity index (χ0v) is 10.8. The maximum atomic E-state index is 11.5. The van der Waals surface area contributed by atoms with Crippen molar-refractivity contribution in [2.24, 2.45) is 5.92 Å². The van der Waals surface area contributed by atoms with Crippen LogP contribution in [0.4, 0.5) is 5.13 Å². The fourth-order valence-electron chi connectivity index (χ4n) is 0.912. The van der Waals surface area contributed by atoms with Crippen LogP contribution in [0, 0.1) is 5.92 Å². The lowest BCUT2D eigenvalue weighted by molar-refractivity contribution is -0.114. The quantitative estimate of drug-likeness (QED) is 0.782. The van der Waals surface area contributed by atoms with Crippen LogP contribution in [-0.4, -0.2) is 23.4 Å². The number of amides is 2. The van der Waals surface area contributed by atoms with Crippen LogP contribution in [0.5, 0.6) is 0 Å². The highest BCUT2D eigenvalue weighted by atomic mass is 32.1. The number of nitrogens with one attached hydrogen (secondary N) is 2. The van der Waals surface area contributed by atoms with E-state index in [9.17, 15) is 9.59 Å². The molecule has 94 valence electrons. The molecular formula is C10H15N3O3S. The molecule has 7 heteroatoms. The lowest BCUT2D eigenvalue weighted by Gasteiger charge is -2.05. The maximum absolute atomic E-state index is 11.5. The average Bonchev–Trinajstić information content (AvgIpc) is 2.64. The van der Waals surface area contributed by atoms with Gasteiger partial charge in [0.25, 0.3) is 5.91 Å². The first kappa shape index (κ1) is 13.6. The van der Waals surface area contributed by atoms with E-state index in [-0.39, 0.29) is 11.6 Å². The third-order valence-corrected chi connectivity index (χ3v) is 2.36. The highest BCUT2D eigenvalue weighted by molar-refractivity contribution is 7.14. The van der Waals surface area contributed by atoms with Crippen LogP contribution in [0.25, 0.3) is 0 Å². The molecule has 1 rings (SSSR count). The van der Waals surface area contributed by atoms with Gasteiger partial charge in [0.2, 0.25) is 5.91 Å². The number of hydrogen-bond donors (Lipinski definition) is 2. The molecule has 0 bridgehead atoms. The molecular weight excluding hydrogens is 242 g/mol. The largest absolute Gasteiger partial charge is 0.302 e. The Morgan fingerprint density at radius 3 is 2.82 bits per heavy atom. The Morgan fingerprint density at radius 1 is 1.53 bits per heavy atom. The number of hydroxylamine groups is 1. The first-order valence-electron chi connectivity index (χ1n) is 5.14. The monoisotopic (exact) mass is 257 g/mol. The first-order valence-corrected chi connectivity index (χ1v) is 6.02. The summed E-state index contributed by atoms with van der Waals surface area (Å²) in [5, 5.41) is 4.45. The number of anilines is 1. The van der Waals surface area contributed by atoms with Gasteiger partial charge in [0.05, 0.1) is 6.61 Å². The summed E-state index contributed by atoms with van der Waals surface area (Å²) < 4.78 is 0. The molecule has 0 aliphatic rings. The summed E-state index contributed by atoms with van der Waals surface area (Å²) in [6.45, 7) is 5.77. The molecule has 0 aromatic carbocycles. The number of carbonyl (C=O) groups excluding carboxylic acids is 2. The van der Waals surface area contributed by atoms with Crippen molar-refractivity contribution in [1.29, 1.82) is 0 Å². The minimum atomic E-state index is -0.418. The van der Waals surface area contributed by atoms with Gasteiger partial charge in [0.15, 0.2) is 5.13 Å². The average molecular weight is 257 g/mol. The topological polar surface area (TPSA) is 80.3 Å². The van der Waals surface area contributed by atoms with E-state index in [0.29, 0.717) is 17.7 Å². The van der Waals surface area contributed by atoms with Gasteiger partial charge in [-0.15, -0.1) is 11.3 Å². The summed E-state index contributed by atoms with van der Waals surface area (Å²) in [6.07, 6.45) is 0. The van der Waals surface area contributed by atoms with E-state index in [0.717, 1.165) is 0 Å². The fraction of sp³-hybridized carbons (Fsp3) is 0.500.